The Morgan fingerprint density at radius 2 is 2.11 bits per heavy atom. The third kappa shape index (κ3) is 3.38. The highest BCUT2D eigenvalue weighted by Gasteiger charge is 2.19. The Balaban J connectivity index is 2.32. The predicted molar refractivity (Wildman–Crippen MR) is 84.8 cm³/mol. The van der Waals surface area contributed by atoms with Gasteiger partial charge in [-0.15, -0.1) is 22.7 Å². The first-order valence-corrected chi connectivity index (χ1v) is 8.28. The highest BCUT2D eigenvalue weighted by atomic mass is 32.1. The average molecular weight is 295 g/mol. The molecule has 0 aromatic carbocycles. The molecular formula is C15H21NOS2. The van der Waals surface area contributed by atoms with Crippen LogP contribution in [0.4, 0.5) is 0 Å². The molecule has 0 spiro atoms. The lowest BCUT2D eigenvalue weighted by atomic mass is 10.1. The van der Waals surface area contributed by atoms with Gasteiger partial charge in [-0.2, -0.15) is 0 Å². The van der Waals surface area contributed by atoms with Gasteiger partial charge in [0.2, 0.25) is 0 Å². The maximum atomic E-state index is 5.31. The monoisotopic (exact) mass is 295 g/mol. The van der Waals surface area contributed by atoms with Crippen molar-refractivity contribution in [1.29, 1.82) is 0 Å². The van der Waals surface area contributed by atoms with Crippen molar-refractivity contribution in [1.82, 2.24) is 5.32 Å². The van der Waals surface area contributed by atoms with E-state index in [0.717, 1.165) is 18.7 Å². The molecule has 2 heterocycles. The zero-order chi connectivity index (χ0) is 13.8. The number of thiophene rings is 2. The van der Waals surface area contributed by atoms with Crippen molar-refractivity contribution in [2.45, 2.75) is 33.2 Å². The van der Waals surface area contributed by atoms with Gasteiger partial charge in [0.1, 0.15) is 5.75 Å². The minimum Gasteiger partial charge on any atom is -0.496 e. The first-order chi connectivity index (χ1) is 9.15. The van der Waals surface area contributed by atoms with Crippen molar-refractivity contribution in [2.75, 3.05) is 13.7 Å². The Morgan fingerprint density at radius 1 is 1.32 bits per heavy atom. The molecule has 104 valence electrons. The second-order valence-electron chi connectivity index (χ2n) is 4.64. The lowest BCUT2D eigenvalue weighted by Gasteiger charge is -2.17. The molecule has 1 unspecified atom stereocenters. The zero-order valence-corrected chi connectivity index (χ0v) is 13.6. The van der Waals surface area contributed by atoms with Crippen LogP contribution in [0.3, 0.4) is 0 Å². The van der Waals surface area contributed by atoms with Crippen LogP contribution in [0.1, 0.15) is 39.6 Å². The first-order valence-electron chi connectivity index (χ1n) is 6.58. The van der Waals surface area contributed by atoms with E-state index in [-0.39, 0.29) is 0 Å². The number of ether oxygens (including phenoxy) is 1. The molecule has 0 aliphatic heterocycles. The molecule has 2 nitrogen and oxygen atoms in total. The van der Waals surface area contributed by atoms with Gasteiger partial charge < -0.3 is 10.1 Å². The lowest BCUT2D eigenvalue weighted by molar-refractivity contribution is 0.416. The number of hydrogen-bond acceptors (Lipinski definition) is 4. The van der Waals surface area contributed by atoms with Crippen molar-refractivity contribution in [2.24, 2.45) is 0 Å². The van der Waals surface area contributed by atoms with Gasteiger partial charge in [0.05, 0.1) is 13.2 Å². The summed E-state index contributed by atoms with van der Waals surface area (Å²) in [4.78, 5) is 4.10. The van der Waals surface area contributed by atoms with Gasteiger partial charge in [-0.3, -0.25) is 0 Å². The quantitative estimate of drug-likeness (QED) is 0.845. The summed E-state index contributed by atoms with van der Waals surface area (Å²) >= 11 is 3.63. The topological polar surface area (TPSA) is 21.3 Å². The number of methoxy groups -OCH3 is 1. The van der Waals surface area contributed by atoms with Crippen LogP contribution < -0.4 is 10.1 Å². The van der Waals surface area contributed by atoms with Crippen LogP contribution in [0, 0.1) is 13.8 Å². The molecule has 0 bridgehead atoms. The fraction of sp³-hybridized carbons (Fsp3) is 0.467. The average Bonchev–Trinajstić information content (AvgIpc) is 2.97. The van der Waals surface area contributed by atoms with Crippen LogP contribution >= 0.6 is 22.7 Å². The Morgan fingerprint density at radius 3 is 2.63 bits per heavy atom. The molecule has 0 radical (unpaired) electrons. The lowest BCUT2D eigenvalue weighted by Crippen LogP contribution is -2.22. The second-order valence-corrected chi connectivity index (χ2v) is 7.05. The maximum absolute atomic E-state index is 5.31. The van der Waals surface area contributed by atoms with Crippen LogP contribution in [0.25, 0.3) is 0 Å². The molecule has 2 aromatic rings. The fourth-order valence-electron chi connectivity index (χ4n) is 2.18. The summed E-state index contributed by atoms with van der Waals surface area (Å²) in [6.07, 6.45) is 1.14. The molecule has 0 aliphatic rings. The second kappa shape index (κ2) is 6.55. The Hall–Kier alpha value is -0.840. The number of aryl methyl sites for hydroxylation is 2. The molecular weight excluding hydrogens is 274 g/mol. The Labute approximate surface area is 123 Å². The first kappa shape index (κ1) is 14.6. The highest BCUT2D eigenvalue weighted by Crippen LogP contribution is 2.35. The molecule has 1 atom stereocenters. The zero-order valence-electron chi connectivity index (χ0n) is 11.9. The predicted octanol–water partition coefficient (Wildman–Crippen LogP) is 4.52. The number of hydrogen-bond donors (Lipinski definition) is 1. The van der Waals surface area contributed by atoms with Gasteiger partial charge in [-0.25, -0.2) is 0 Å². The summed E-state index contributed by atoms with van der Waals surface area (Å²) in [6.45, 7) is 7.61. The summed E-state index contributed by atoms with van der Waals surface area (Å²) in [7, 11) is 1.72. The highest BCUT2D eigenvalue weighted by molar-refractivity contribution is 7.12. The molecule has 0 fully saturated rings. The number of rotatable bonds is 6. The molecule has 0 saturated carbocycles. The molecule has 1 N–H and O–H groups in total. The van der Waals surface area contributed by atoms with Crippen LogP contribution in [0.2, 0.25) is 0 Å². The Kier molecular flexibility index (Phi) is 5.02. The van der Waals surface area contributed by atoms with Crippen LogP contribution in [-0.2, 0) is 0 Å². The van der Waals surface area contributed by atoms with E-state index in [9.17, 15) is 0 Å². The van der Waals surface area contributed by atoms with Crippen LogP contribution in [-0.4, -0.2) is 13.7 Å². The van der Waals surface area contributed by atoms with Crippen LogP contribution in [0.5, 0.6) is 5.75 Å². The van der Waals surface area contributed by atoms with E-state index in [2.05, 4.69) is 43.6 Å². The van der Waals surface area contributed by atoms with Crippen molar-refractivity contribution in [3.05, 3.63) is 37.7 Å². The largest absolute Gasteiger partial charge is 0.496 e. The molecule has 19 heavy (non-hydrogen) atoms. The summed E-state index contributed by atoms with van der Waals surface area (Å²) in [5.74, 6) is 0.952. The number of nitrogens with one attached hydrogen (secondary N) is 1. The van der Waals surface area contributed by atoms with E-state index >= 15 is 0 Å². The van der Waals surface area contributed by atoms with E-state index in [0.29, 0.717) is 6.04 Å². The molecule has 4 heteroatoms. The van der Waals surface area contributed by atoms with Gasteiger partial charge in [0, 0.05) is 20.0 Å². The van der Waals surface area contributed by atoms with Gasteiger partial charge in [0.15, 0.2) is 0 Å². The Bertz CT molecular complexity index is 530. The minimum atomic E-state index is 0.291. The van der Waals surface area contributed by atoms with Crippen molar-refractivity contribution < 1.29 is 4.74 Å². The fourth-order valence-corrected chi connectivity index (χ4v) is 4.09. The molecule has 0 saturated heterocycles. The summed E-state index contributed by atoms with van der Waals surface area (Å²) < 4.78 is 5.31. The summed E-state index contributed by atoms with van der Waals surface area (Å²) in [5, 5.41) is 5.73. The minimum absolute atomic E-state index is 0.291. The smallest absolute Gasteiger partial charge is 0.129 e. The summed E-state index contributed by atoms with van der Waals surface area (Å²) in [6, 6.07) is 4.74. The van der Waals surface area contributed by atoms with E-state index in [1.807, 2.05) is 11.3 Å². The van der Waals surface area contributed by atoms with Gasteiger partial charge in [0.25, 0.3) is 0 Å². The maximum Gasteiger partial charge on any atom is 0.129 e. The van der Waals surface area contributed by atoms with Crippen molar-refractivity contribution >= 4 is 22.7 Å². The normalized spacial score (nSPS) is 12.6. The SMILES string of the molecule is CCCNC(c1cc(OC)cs1)c1cc(C)sc1C. The van der Waals surface area contributed by atoms with E-state index in [1.165, 1.54) is 20.2 Å². The van der Waals surface area contributed by atoms with Crippen molar-refractivity contribution in [3.8, 4) is 5.75 Å². The van der Waals surface area contributed by atoms with Crippen molar-refractivity contribution in [3.63, 3.8) is 0 Å². The molecule has 2 rings (SSSR count). The van der Waals surface area contributed by atoms with Gasteiger partial charge >= 0.3 is 0 Å². The summed E-state index contributed by atoms with van der Waals surface area (Å²) in [5.41, 5.74) is 1.40. The molecule has 2 aromatic heterocycles. The van der Waals surface area contributed by atoms with E-state index < -0.39 is 0 Å². The molecule has 0 amide bonds. The standard InChI is InChI=1S/C15H21NOS2/c1-5-6-16-15(13-7-10(2)19-11(13)3)14-8-12(17-4)9-18-14/h7-9,15-16H,5-6H2,1-4H3. The third-order valence-electron chi connectivity index (χ3n) is 3.10. The van der Waals surface area contributed by atoms with Crippen LogP contribution in [0.15, 0.2) is 17.5 Å². The third-order valence-corrected chi connectivity index (χ3v) is 5.06. The molecule has 0 aliphatic carbocycles. The van der Waals surface area contributed by atoms with E-state index in [1.54, 1.807) is 18.4 Å². The van der Waals surface area contributed by atoms with E-state index in [4.69, 9.17) is 4.74 Å². The van der Waals surface area contributed by atoms with Gasteiger partial charge in [-0.1, -0.05) is 6.92 Å². The van der Waals surface area contributed by atoms with Gasteiger partial charge in [-0.05, 0) is 44.5 Å².